The van der Waals surface area contributed by atoms with Gasteiger partial charge in [-0.05, 0) is 42.4 Å². The lowest BCUT2D eigenvalue weighted by molar-refractivity contribution is -0.143. The molecule has 6 N–H and O–H groups in total. The van der Waals surface area contributed by atoms with Crippen LogP contribution in [0.5, 0.6) is 0 Å². The minimum absolute atomic E-state index is 0.00699. The van der Waals surface area contributed by atoms with Gasteiger partial charge in [0.2, 0.25) is 11.8 Å². The van der Waals surface area contributed by atoms with Crippen molar-refractivity contribution in [1.29, 1.82) is 0 Å². The largest absolute Gasteiger partial charge is 0.480 e. The molecule has 48 heavy (non-hydrogen) atoms. The van der Waals surface area contributed by atoms with E-state index in [9.17, 15) is 34.2 Å². The van der Waals surface area contributed by atoms with Crippen LogP contribution in [0.3, 0.4) is 0 Å². The Hall–Kier alpha value is -5.07. The van der Waals surface area contributed by atoms with Crippen LogP contribution in [0, 0.1) is 5.92 Å². The average Bonchev–Trinajstić information content (AvgIpc) is 3.08. The van der Waals surface area contributed by atoms with Crippen LogP contribution < -0.4 is 21.3 Å². The molecule has 1 unspecified atom stereocenters. The second-order valence-electron chi connectivity index (χ2n) is 11.8. The summed E-state index contributed by atoms with van der Waals surface area (Å²) >= 11 is 0. The first-order chi connectivity index (χ1) is 22.9. The molecule has 0 fully saturated rings. The number of benzene rings is 3. The van der Waals surface area contributed by atoms with Crippen LogP contribution in [-0.4, -0.2) is 76.7 Å². The first kappa shape index (κ1) is 37.4. The summed E-state index contributed by atoms with van der Waals surface area (Å²) in [5.41, 5.74) is 2.26. The van der Waals surface area contributed by atoms with Crippen LogP contribution >= 0.6 is 0 Å². The molecule has 0 bridgehead atoms. The highest BCUT2D eigenvalue weighted by Crippen LogP contribution is 2.10. The maximum Gasteiger partial charge on any atom is 0.408 e. The van der Waals surface area contributed by atoms with Gasteiger partial charge >= 0.3 is 12.1 Å². The van der Waals surface area contributed by atoms with Gasteiger partial charge in [0.25, 0.3) is 0 Å². The number of carboxylic acids is 1. The van der Waals surface area contributed by atoms with E-state index in [0.29, 0.717) is 5.56 Å². The molecule has 5 atom stereocenters. The van der Waals surface area contributed by atoms with Gasteiger partial charge in [-0.3, -0.25) is 14.4 Å². The first-order valence-corrected chi connectivity index (χ1v) is 15.8. The summed E-state index contributed by atoms with van der Waals surface area (Å²) in [5, 5.41) is 31.2. The lowest BCUT2D eigenvalue weighted by Gasteiger charge is -2.26. The minimum Gasteiger partial charge on any atom is -0.480 e. The number of hydrogen-bond acceptors (Lipinski definition) is 8. The molecule has 0 spiro atoms. The van der Waals surface area contributed by atoms with Gasteiger partial charge in [0, 0.05) is 6.54 Å². The molecule has 12 heteroatoms. The van der Waals surface area contributed by atoms with E-state index in [1.54, 1.807) is 92.7 Å². The zero-order valence-electron chi connectivity index (χ0n) is 27.3. The fourth-order valence-corrected chi connectivity index (χ4v) is 4.84. The minimum atomic E-state index is -1.65. The molecule has 0 aromatic heterocycles. The van der Waals surface area contributed by atoms with Crippen molar-refractivity contribution in [3.63, 3.8) is 0 Å². The normalized spacial score (nSPS) is 14.1. The number of Topliss-reactive ketones (excluding diaryl/α,β-unsaturated/α-hetero) is 1. The van der Waals surface area contributed by atoms with Crippen LogP contribution in [0.4, 0.5) is 4.79 Å². The fraction of sp³-hybridized carbons (Fsp3) is 0.361. The van der Waals surface area contributed by atoms with Gasteiger partial charge in [0.1, 0.15) is 24.8 Å². The Kier molecular flexibility index (Phi) is 14.7. The molecular formula is C36H44N4O8. The third kappa shape index (κ3) is 12.3. The number of ether oxygens (including phenoxy) is 1. The van der Waals surface area contributed by atoms with Crippen molar-refractivity contribution >= 4 is 29.7 Å². The molecule has 256 valence electrons. The zero-order valence-corrected chi connectivity index (χ0v) is 27.3. The Bertz CT molecular complexity index is 1490. The molecule has 0 heterocycles. The number of ketones is 1. The van der Waals surface area contributed by atoms with Crippen molar-refractivity contribution in [3.8, 4) is 0 Å². The predicted molar refractivity (Wildman–Crippen MR) is 179 cm³/mol. The summed E-state index contributed by atoms with van der Waals surface area (Å²) in [7, 11) is 0. The Morgan fingerprint density at radius 1 is 0.667 bits per heavy atom. The number of amides is 3. The number of alkyl carbamates (subject to hydrolysis) is 1. The average molecular weight is 661 g/mol. The van der Waals surface area contributed by atoms with Crippen LogP contribution in [0.25, 0.3) is 0 Å². The first-order valence-electron chi connectivity index (χ1n) is 15.8. The highest BCUT2D eigenvalue weighted by molar-refractivity contribution is 5.94. The standard InChI is InChI=1S/C36H44N4O8/c1-23(2)31(35(45)46)40-34(44)29(20-26-15-9-5-10-16-26)37-21-30(41)32(42)28(19-25-13-7-4-8-14-25)39-33(43)24(3)38-36(47)48-22-27-17-11-6-12-18-27/h4-18,23-24,28-31,37,41H,19-22H2,1-3H3,(H,38,47)(H,39,43)(H,40,44)(H,45,46)/t24-,28-,29+,30?,31+/m0/s1. The Morgan fingerprint density at radius 3 is 1.67 bits per heavy atom. The molecule has 3 aromatic carbocycles. The molecular weight excluding hydrogens is 616 g/mol. The van der Waals surface area contributed by atoms with Crippen LogP contribution in [0.1, 0.15) is 37.5 Å². The van der Waals surface area contributed by atoms with E-state index in [4.69, 9.17) is 4.74 Å². The van der Waals surface area contributed by atoms with E-state index in [0.717, 1.165) is 11.1 Å². The number of aliphatic carboxylic acids is 1. The van der Waals surface area contributed by atoms with E-state index >= 15 is 0 Å². The predicted octanol–water partition coefficient (Wildman–Crippen LogP) is 2.39. The van der Waals surface area contributed by atoms with Crippen molar-refractivity contribution in [2.24, 2.45) is 5.92 Å². The second kappa shape index (κ2) is 18.9. The van der Waals surface area contributed by atoms with Gasteiger partial charge in [0.05, 0.1) is 12.1 Å². The number of carboxylic acid groups (broad SMARTS) is 1. The summed E-state index contributed by atoms with van der Waals surface area (Å²) < 4.78 is 5.19. The van der Waals surface area contributed by atoms with Crippen LogP contribution in [0.2, 0.25) is 0 Å². The van der Waals surface area contributed by atoms with Gasteiger partial charge in [-0.1, -0.05) is 105 Å². The molecule has 0 aliphatic heterocycles. The third-order valence-electron chi connectivity index (χ3n) is 7.60. The number of rotatable bonds is 18. The van der Waals surface area contributed by atoms with E-state index in [1.807, 2.05) is 12.1 Å². The summed E-state index contributed by atoms with van der Waals surface area (Å²) in [6, 6.07) is 22.6. The molecule has 0 aliphatic carbocycles. The quantitative estimate of drug-likeness (QED) is 0.119. The van der Waals surface area contributed by atoms with Crippen LogP contribution in [-0.2, 0) is 43.4 Å². The van der Waals surface area contributed by atoms with Crippen molar-refractivity contribution in [1.82, 2.24) is 21.3 Å². The summed E-state index contributed by atoms with van der Waals surface area (Å²) in [5.74, 6) is -3.56. The van der Waals surface area contributed by atoms with E-state index in [1.165, 1.54) is 6.92 Å². The number of aliphatic hydroxyl groups is 1. The Morgan fingerprint density at radius 2 is 1.17 bits per heavy atom. The summed E-state index contributed by atoms with van der Waals surface area (Å²) in [6.45, 7) is 4.44. The van der Waals surface area contributed by atoms with E-state index in [-0.39, 0.29) is 31.9 Å². The lowest BCUT2D eigenvalue weighted by atomic mass is 9.98. The Balaban J connectivity index is 1.69. The third-order valence-corrected chi connectivity index (χ3v) is 7.60. The summed E-state index contributed by atoms with van der Waals surface area (Å²) in [4.78, 5) is 64.0. The smallest absolute Gasteiger partial charge is 0.408 e. The van der Waals surface area contributed by atoms with Crippen molar-refractivity contribution < 1.29 is 38.9 Å². The van der Waals surface area contributed by atoms with E-state index < -0.39 is 59.9 Å². The number of hydrogen-bond donors (Lipinski definition) is 6. The van der Waals surface area contributed by atoms with Gasteiger partial charge in [-0.25, -0.2) is 9.59 Å². The number of carbonyl (C=O) groups excluding carboxylic acids is 4. The highest BCUT2D eigenvalue weighted by atomic mass is 16.5. The molecule has 3 rings (SSSR count). The SMILES string of the molecule is CC(C)[C@@H](NC(=O)[C@@H](Cc1ccccc1)NCC(O)C(=O)[C@H](Cc1ccccc1)NC(=O)[C@H](C)NC(=O)OCc1ccccc1)C(=O)O. The van der Waals surface area contributed by atoms with Gasteiger partial charge < -0.3 is 36.2 Å². The van der Waals surface area contributed by atoms with E-state index in [2.05, 4.69) is 21.3 Å². The van der Waals surface area contributed by atoms with Crippen molar-refractivity contribution in [2.75, 3.05) is 6.54 Å². The van der Waals surface area contributed by atoms with Gasteiger partial charge in [-0.15, -0.1) is 0 Å². The zero-order chi connectivity index (χ0) is 35.1. The highest BCUT2D eigenvalue weighted by Gasteiger charge is 2.32. The van der Waals surface area contributed by atoms with Crippen LogP contribution in [0.15, 0.2) is 91.0 Å². The lowest BCUT2D eigenvalue weighted by Crippen LogP contribution is -2.56. The monoisotopic (exact) mass is 660 g/mol. The molecule has 3 aromatic rings. The fourth-order valence-electron chi connectivity index (χ4n) is 4.84. The number of carbonyl (C=O) groups is 5. The van der Waals surface area contributed by atoms with Crippen molar-refractivity contribution in [3.05, 3.63) is 108 Å². The van der Waals surface area contributed by atoms with Gasteiger partial charge in [0.15, 0.2) is 5.78 Å². The molecule has 12 nitrogen and oxygen atoms in total. The molecule has 0 aliphatic rings. The molecule has 3 amide bonds. The van der Waals surface area contributed by atoms with Gasteiger partial charge in [-0.2, -0.15) is 0 Å². The molecule has 0 radical (unpaired) electrons. The topological polar surface area (TPSA) is 183 Å². The maximum atomic E-state index is 13.6. The second-order valence-corrected chi connectivity index (χ2v) is 11.8. The Labute approximate surface area is 280 Å². The number of aliphatic hydroxyl groups excluding tert-OH is 1. The van der Waals surface area contributed by atoms with Crippen molar-refractivity contribution in [2.45, 2.75) is 70.5 Å². The number of nitrogens with one attached hydrogen (secondary N) is 4. The molecule has 0 saturated heterocycles. The summed E-state index contributed by atoms with van der Waals surface area (Å²) in [6.07, 6.45) is -2.26. The molecule has 0 saturated carbocycles. The maximum absolute atomic E-state index is 13.6.